The van der Waals surface area contributed by atoms with E-state index < -0.39 is 35.3 Å². The second kappa shape index (κ2) is 12.3. The Hall–Kier alpha value is -4.20. The quantitative estimate of drug-likeness (QED) is 0.452. The van der Waals surface area contributed by atoms with Crippen LogP contribution in [0.1, 0.15) is 50.4 Å². The third-order valence-electron chi connectivity index (χ3n) is 6.37. The number of nitrogens with zero attached hydrogens (tertiary/aromatic N) is 3. The molecule has 10 nitrogen and oxygen atoms in total. The molecule has 1 aromatic heterocycles. The SMILES string of the molecule is CC(NC(=O)OC(C)(C)C)C(C(=O)O)n1cnc2cc(C#Cc3ccc(CN4CCOCC4)cc3)ccc2c1=O. The maximum atomic E-state index is 13.2. The molecule has 210 valence electrons. The summed E-state index contributed by atoms with van der Waals surface area (Å²) < 4.78 is 11.6. The average Bonchev–Trinajstić information content (AvgIpc) is 2.89. The van der Waals surface area contributed by atoms with E-state index in [-0.39, 0.29) is 5.39 Å². The van der Waals surface area contributed by atoms with Crippen molar-refractivity contribution in [1.82, 2.24) is 19.8 Å². The summed E-state index contributed by atoms with van der Waals surface area (Å²) in [7, 11) is 0. The number of carbonyl (C=O) groups excluding carboxylic acids is 1. The van der Waals surface area contributed by atoms with Gasteiger partial charge in [-0.25, -0.2) is 14.6 Å². The molecule has 0 saturated carbocycles. The zero-order chi connectivity index (χ0) is 28.9. The van der Waals surface area contributed by atoms with Gasteiger partial charge in [0.25, 0.3) is 5.56 Å². The first-order chi connectivity index (χ1) is 19.0. The lowest BCUT2D eigenvalue weighted by molar-refractivity contribution is -0.141. The van der Waals surface area contributed by atoms with E-state index in [1.165, 1.54) is 18.8 Å². The van der Waals surface area contributed by atoms with Crippen molar-refractivity contribution in [1.29, 1.82) is 0 Å². The molecule has 2 heterocycles. The van der Waals surface area contributed by atoms with Crippen LogP contribution in [0.15, 0.2) is 53.6 Å². The molecule has 0 radical (unpaired) electrons. The number of fused-ring (bicyclic) bond motifs is 1. The van der Waals surface area contributed by atoms with Crippen molar-refractivity contribution in [3.05, 3.63) is 75.8 Å². The number of nitrogens with one attached hydrogen (secondary N) is 1. The number of aromatic nitrogens is 2. The molecule has 0 spiro atoms. The summed E-state index contributed by atoms with van der Waals surface area (Å²) in [5, 5.41) is 12.6. The Balaban J connectivity index is 1.50. The van der Waals surface area contributed by atoms with E-state index in [2.05, 4.69) is 39.2 Å². The Bertz CT molecular complexity index is 1490. The van der Waals surface area contributed by atoms with E-state index >= 15 is 0 Å². The first-order valence-corrected chi connectivity index (χ1v) is 13.1. The highest BCUT2D eigenvalue weighted by atomic mass is 16.6. The summed E-state index contributed by atoms with van der Waals surface area (Å²) in [5.41, 5.74) is 1.86. The van der Waals surface area contributed by atoms with Crippen LogP contribution >= 0.6 is 0 Å². The molecule has 1 aliphatic heterocycles. The number of hydrogen-bond acceptors (Lipinski definition) is 7. The van der Waals surface area contributed by atoms with Crippen LogP contribution in [0.25, 0.3) is 10.9 Å². The van der Waals surface area contributed by atoms with Crippen molar-refractivity contribution in [3.8, 4) is 11.8 Å². The molecular weight excluding hydrogens is 512 g/mol. The van der Waals surface area contributed by atoms with Crippen LogP contribution < -0.4 is 10.9 Å². The highest BCUT2D eigenvalue weighted by Crippen LogP contribution is 2.16. The van der Waals surface area contributed by atoms with Gasteiger partial charge in [0.15, 0.2) is 6.04 Å². The van der Waals surface area contributed by atoms with Gasteiger partial charge in [-0.15, -0.1) is 0 Å². The molecule has 0 bridgehead atoms. The second-order valence-electron chi connectivity index (χ2n) is 10.7. The number of rotatable bonds is 6. The number of carboxylic acids is 1. The van der Waals surface area contributed by atoms with Gasteiger partial charge >= 0.3 is 12.1 Å². The normalized spacial score (nSPS) is 15.5. The molecule has 2 unspecified atom stereocenters. The van der Waals surface area contributed by atoms with E-state index in [1.54, 1.807) is 39.0 Å². The lowest BCUT2D eigenvalue weighted by atomic mass is 10.1. The third-order valence-corrected chi connectivity index (χ3v) is 6.37. The highest BCUT2D eigenvalue weighted by Gasteiger charge is 2.30. The number of aliphatic carboxylic acids is 1. The Morgan fingerprint density at radius 1 is 1.10 bits per heavy atom. The standard InChI is InChI=1S/C30H34N4O6/c1-20(32-29(38)40-30(2,3)4)26(28(36)37)34-19-31-25-17-22(11-12-24(25)27(34)35)8-5-21-6-9-23(10-7-21)18-33-13-15-39-16-14-33/h6-7,9-12,17,19-20,26H,13-16,18H2,1-4H3,(H,32,38)(H,36,37). The molecule has 1 fully saturated rings. The predicted molar refractivity (Wildman–Crippen MR) is 150 cm³/mol. The molecule has 4 rings (SSSR count). The van der Waals surface area contributed by atoms with E-state index in [0.717, 1.165) is 43.0 Å². The van der Waals surface area contributed by atoms with Crippen LogP contribution in [-0.4, -0.2) is 69.6 Å². The zero-order valence-corrected chi connectivity index (χ0v) is 23.1. The van der Waals surface area contributed by atoms with Crippen molar-refractivity contribution >= 4 is 23.0 Å². The van der Waals surface area contributed by atoms with E-state index in [1.807, 2.05) is 12.1 Å². The molecule has 2 atom stereocenters. The molecule has 3 aromatic rings. The molecule has 40 heavy (non-hydrogen) atoms. The van der Waals surface area contributed by atoms with E-state index in [4.69, 9.17) is 9.47 Å². The predicted octanol–water partition coefficient (Wildman–Crippen LogP) is 3.17. The minimum Gasteiger partial charge on any atom is -0.480 e. The lowest BCUT2D eigenvalue weighted by Gasteiger charge is -2.26. The Kier molecular flexibility index (Phi) is 8.87. The number of morpholine rings is 1. The van der Waals surface area contributed by atoms with E-state index in [9.17, 15) is 19.5 Å². The molecule has 1 aliphatic rings. The number of ether oxygens (including phenoxy) is 2. The van der Waals surface area contributed by atoms with Crippen LogP contribution in [0.3, 0.4) is 0 Å². The van der Waals surface area contributed by atoms with Crippen molar-refractivity contribution in [2.24, 2.45) is 0 Å². The average molecular weight is 547 g/mol. The van der Waals surface area contributed by atoms with Gasteiger partial charge in [0.2, 0.25) is 0 Å². The molecule has 1 amide bonds. The Morgan fingerprint density at radius 3 is 2.40 bits per heavy atom. The van der Waals surface area contributed by atoms with Crippen molar-refractivity contribution in [3.63, 3.8) is 0 Å². The molecule has 1 saturated heterocycles. The van der Waals surface area contributed by atoms with Crippen LogP contribution in [0, 0.1) is 11.8 Å². The van der Waals surface area contributed by atoms with Crippen LogP contribution in [-0.2, 0) is 20.8 Å². The summed E-state index contributed by atoms with van der Waals surface area (Å²) in [5.74, 6) is 4.96. The summed E-state index contributed by atoms with van der Waals surface area (Å²) in [6.45, 7) is 10.9. The molecule has 2 N–H and O–H groups in total. The number of amides is 1. The molecule has 10 heteroatoms. The number of benzene rings is 2. The first-order valence-electron chi connectivity index (χ1n) is 13.1. The summed E-state index contributed by atoms with van der Waals surface area (Å²) in [6, 6.07) is 10.8. The Labute approximate surface area is 232 Å². The van der Waals surface area contributed by atoms with Gasteiger partial charge in [0.05, 0.1) is 36.5 Å². The lowest BCUT2D eigenvalue weighted by Crippen LogP contribution is -2.46. The van der Waals surface area contributed by atoms with Gasteiger partial charge < -0.3 is 19.9 Å². The summed E-state index contributed by atoms with van der Waals surface area (Å²) >= 11 is 0. The van der Waals surface area contributed by atoms with Crippen molar-refractivity contribution in [2.45, 2.75) is 51.9 Å². The fourth-order valence-corrected chi connectivity index (χ4v) is 4.41. The minimum absolute atomic E-state index is 0.247. The maximum absolute atomic E-state index is 13.2. The monoisotopic (exact) mass is 546 g/mol. The number of alkyl carbamates (subject to hydrolysis) is 1. The van der Waals surface area contributed by atoms with Crippen LogP contribution in [0.5, 0.6) is 0 Å². The van der Waals surface area contributed by atoms with Crippen LogP contribution in [0.2, 0.25) is 0 Å². The minimum atomic E-state index is -1.39. The van der Waals surface area contributed by atoms with E-state index in [0.29, 0.717) is 11.1 Å². The van der Waals surface area contributed by atoms with Crippen LogP contribution in [0.4, 0.5) is 4.79 Å². The fourth-order valence-electron chi connectivity index (χ4n) is 4.41. The summed E-state index contributed by atoms with van der Waals surface area (Å²) in [6.07, 6.45) is 0.407. The number of hydrogen-bond donors (Lipinski definition) is 2. The molecule has 2 aromatic carbocycles. The van der Waals surface area contributed by atoms with Gasteiger partial charge in [0.1, 0.15) is 5.60 Å². The molecule has 0 aliphatic carbocycles. The third kappa shape index (κ3) is 7.46. The number of carboxylic acid groups (broad SMARTS) is 1. The maximum Gasteiger partial charge on any atom is 0.407 e. The van der Waals surface area contributed by atoms with Gasteiger partial charge in [0, 0.05) is 30.8 Å². The fraction of sp³-hybridized carbons (Fsp3) is 0.400. The smallest absolute Gasteiger partial charge is 0.407 e. The Morgan fingerprint density at radius 2 is 1.75 bits per heavy atom. The van der Waals surface area contributed by atoms with Gasteiger partial charge in [-0.3, -0.25) is 14.3 Å². The van der Waals surface area contributed by atoms with Gasteiger partial charge in [-0.05, 0) is 63.6 Å². The topological polar surface area (TPSA) is 123 Å². The second-order valence-corrected chi connectivity index (χ2v) is 10.7. The first kappa shape index (κ1) is 28.8. The van der Waals surface area contributed by atoms with Crippen molar-refractivity contribution in [2.75, 3.05) is 26.3 Å². The zero-order valence-electron chi connectivity index (χ0n) is 23.1. The van der Waals surface area contributed by atoms with Gasteiger partial charge in [-0.1, -0.05) is 24.0 Å². The molecular formula is C30H34N4O6. The number of carbonyl (C=O) groups is 2. The van der Waals surface area contributed by atoms with Crippen molar-refractivity contribution < 1.29 is 24.2 Å². The highest BCUT2D eigenvalue weighted by molar-refractivity contribution is 5.80. The largest absolute Gasteiger partial charge is 0.480 e. The van der Waals surface area contributed by atoms with Gasteiger partial charge in [-0.2, -0.15) is 0 Å². The summed E-state index contributed by atoms with van der Waals surface area (Å²) in [4.78, 5) is 44.2.